The first-order valence-corrected chi connectivity index (χ1v) is 11.7. The maximum absolute atomic E-state index is 13.1. The van der Waals surface area contributed by atoms with Gasteiger partial charge in [0.1, 0.15) is 5.75 Å². The van der Waals surface area contributed by atoms with E-state index in [2.05, 4.69) is 25.5 Å². The molecule has 196 valence electrons. The van der Waals surface area contributed by atoms with E-state index in [-0.39, 0.29) is 17.7 Å². The average molecular weight is 514 g/mol. The second kappa shape index (κ2) is 10.7. The van der Waals surface area contributed by atoms with Crippen LogP contribution in [0.5, 0.6) is 5.75 Å². The summed E-state index contributed by atoms with van der Waals surface area (Å²) in [6.45, 7) is 10.1. The summed E-state index contributed by atoms with van der Waals surface area (Å²) in [6, 6.07) is 17.1. The zero-order valence-corrected chi connectivity index (χ0v) is 21.7. The zero-order valence-electron chi connectivity index (χ0n) is 21.7. The smallest absolute Gasteiger partial charge is 0.462 e. The number of carbonyl (C=O) groups excluding carboxylic acids is 2. The van der Waals surface area contributed by atoms with Crippen molar-refractivity contribution in [2.75, 3.05) is 12.0 Å². The Morgan fingerprint density at radius 1 is 0.838 bits per heavy atom. The van der Waals surface area contributed by atoms with E-state index in [9.17, 15) is 22.8 Å². The summed E-state index contributed by atoms with van der Waals surface area (Å²) in [5.74, 6) is -2.09. The van der Waals surface area contributed by atoms with Gasteiger partial charge in [-0.05, 0) is 76.9 Å². The van der Waals surface area contributed by atoms with E-state index in [0.717, 1.165) is 23.8 Å². The molecule has 0 atom stereocenters. The fourth-order valence-corrected chi connectivity index (χ4v) is 4.14. The number of aryl methyl sites for hydroxylation is 2. The Morgan fingerprint density at radius 2 is 1.38 bits per heavy atom. The topological polar surface area (TPSA) is 55.8 Å². The maximum atomic E-state index is 13.1. The largest absolute Gasteiger partial charge is 0.573 e. The second-order valence-electron chi connectivity index (χ2n) is 9.86. The lowest BCUT2D eigenvalue weighted by molar-refractivity contribution is -0.274. The van der Waals surface area contributed by atoms with Crippen LogP contribution < -0.4 is 9.64 Å². The van der Waals surface area contributed by atoms with Crippen LogP contribution in [0.25, 0.3) is 11.1 Å². The molecule has 0 bridgehead atoms. The van der Waals surface area contributed by atoms with Crippen molar-refractivity contribution in [2.24, 2.45) is 0 Å². The highest BCUT2D eigenvalue weighted by molar-refractivity contribution is 6.38. The molecule has 3 aromatic rings. The summed E-state index contributed by atoms with van der Waals surface area (Å²) in [6.07, 6.45) is -4.76. The molecular weight excluding hydrogens is 483 g/mol. The Morgan fingerprint density at radius 3 is 1.84 bits per heavy atom. The quantitative estimate of drug-likeness (QED) is 0.276. The van der Waals surface area contributed by atoms with Gasteiger partial charge in [0.2, 0.25) is 0 Å². The standard InChI is InChI=1S/C29H30F3NO4/c1-18-15-22(21-9-13-24(14-10-21)37-29(30,31)32)16-19(2)25(18)33(26(34)27(35)36-6)17-20-7-11-23(12-8-20)28(3,4)5/h7-16H,17H2,1-6H3. The van der Waals surface area contributed by atoms with E-state index in [4.69, 9.17) is 4.74 Å². The molecule has 1 amide bonds. The summed E-state index contributed by atoms with van der Waals surface area (Å²) in [5, 5.41) is 0. The number of ether oxygens (including phenoxy) is 2. The Bertz CT molecular complexity index is 1250. The number of carbonyl (C=O) groups is 2. The third-order valence-electron chi connectivity index (χ3n) is 5.95. The van der Waals surface area contributed by atoms with Crippen LogP contribution in [-0.2, 0) is 26.3 Å². The van der Waals surface area contributed by atoms with E-state index in [1.54, 1.807) is 0 Å². The first-order chi connectivity index (χ1) is 17.2. The first-order valence-electron chi connectivity index (χ1n) is 11.7. The van der Waals surface area contributed by atoms with Gasteiger partial charge in [0.25, 0.3) is 0 Å². The van der Waals surface area contributed by atoms with Gasteiger partial charge in [-0.3, -0.25) is 9.69 Å². The summed E-state index contributed by atoms with van der Waals surface area (Å²) in [4.78, 5) is 26.7. The van der Waals surface area contributed by atoms with Crippen LogP contribution in [0.2, 0.25) is 0 Å². The van der Waals surface area contributed by atoms with Crippen LogP contribution in [0.1, 0.15) is 43.0 Å². The van der Waals surface area contributed by atoms with Crippen LogP contribution in [0.4, 0.5) is 18.9 Å². The fraction of sp³-hybridized carbons (Fsp3) is 0.310. The molecule has 0 saturated heterocycles. The average Bonchev–Trinajstić information content (AvgIpc) is 2.81. The van der Waals surface area contributed by atoms with Crippen LogP contribution in [0.3, 0.4) is 0 Å². The molecule has 3 rings (SSSR count). The van der Waals surface area contributed by atoms with Gasteiger partial charge in [0.05, 0.1) is 19.3 Å². The summed E-state index contributed by atoms with van der Waals surface area (Å²) < 4.78 is 46.1. The van der Waals surface area contributed by atoms with Gasteiger partial charge in [-0.15, -0.1) is 13.2 Å². The van der Waals surface area contributed by atoms with Crippen molar-refractivity contribution in [3.05, 3.63) is 82.9 Å². The lowest BCUT2D eigenvalue weighted by atomic mass is 9.86. The number of alkyl halides is 3. The van der Waals surface area contributed by atoms with Gasteiger partial charge in [0, 0.05) is 0 Å². The number of nitrogens with zero attached hydrogens (tertiary/aromatic N) is 1. The second-order valence-corrected chi connectivity index (χ2v) is 9.86. The van der Waals surface area contributed by atoms with Crippen molar-refractivity contribution in [1.82, 2.24) is 0 Å². The third-order valence-corrected chi connectivity index (χ3v) is 5.95. The van der Waals surface area contributed by atoms with Gasteiger partial charge in [-0.2, -0.15) is 0 Å². The molecule has 0 aliphatic heterocycles. The molecular formula is C29H30F3NO4. The molecule has 0 aliphatic carbocycles. The first kappa shape index (κ1) is 27.8. The monoisotopic (exact) mass is 513 g/mol. The van der Waals surface area contributed by atoms with Gasteiger partial charge in [-0.1, -0.05) is 57.2 Å². The number of hydrogen-bond acceptors (Lipinski definition) is 4. The van der Waals surface area contributed by atoms with Crippen LogP contribution in [0.15, 0.2) is 60.7 Å². The number of halogens is 3. The Kier molecular flexibility index (Phi) is 8.00. The van der Waals surface area contributed by atoms with Crippen molar-refractivity contribution in [3.8, 4) is 16.9 Å². The molecule has 0 radical (unpaired) electrons. The number of amides is 1. The molecule has 0 fully saturated rings. The minimum Gasteiger partial charge on any atom is -0.462 e. The van der Waals surface area contributed by atoms with Crippen molar-refractivity contribution in [1.29, 1.82) is 0 Å². The Balaban J connectivity index is 1.98. The predicted molar refractivity (Wildman–Crippen MR) is 136 cm³/mol. The highest BCUT2D eigenvalue weighted by Gasteiger charge is 2.31. The van der Waals surface area contributed by atoms with Crippen LogP contribution in [-0.4, -0.2) is 25.3 Å². The van der Waals surface area contributed by atoms with E-state index in [1.807, 2.05) is 50.2 Å². The number of esters is 1. The molecule has 0 spiro atoms. The van der Waals surface area contributed by atoms with Gasteiger partial charge >= 0.3 is 18.2 Å². The molecule has 5 nitrogen and oxygen atoms in total. The summed E-state index contributed by atoms with van der Waals surface area (Å²) >= 11 is 0. The lowest BCUT2D eigenvalue weighted by Gasteiger charge is -2.26. The fourth-order valence-electron chi connectivity index (χ4n) is 4.14. The van der Waals surface area contributed by atoms with Gasteiger partial charge < -0.3 is 9.47 Å². The molecule has 37 heavy (non-hydrogen) atoms. The maximum Gasteiger partial charge on any atom is 0.573 e. The van der Waals surface area contributed by atoms with Gasteiger partial charge in [-0.25, -0.2) is 4.79 Å². The summed E-state index contributed by atoms with van der Waals surface area (Å²) in [7, 11) is 1.16. The molecule has 8 heteroatoms. The predicted octanol–water partition coefficient (Wildman–Crippen LogP) is 6.87. The van der Waals surface area contributed by atoms with E-state index in [1.165, 1.54) is 29.2 Å². The molecule has 3 aromatic carbocycles. The van der Waals surface area contributed by atoms with Crippen LogP contribution >= 0.6 is 0 Å². The van der Waals surface area contributed by atoms with Gasteiger partial charge in [0.15, 0.2) is 0 Å². The molecule has 0 aliphatic rings. The van der Waals surface area contributed by atoms with Crippen LogP contribution in [0, 0.1) is 13.8 Å². The number of anilines is 1. The van der Waals surface area contributed by atoms with E-state index in [0.29, 0.717) is 22.4 Å². The van der Waals surface area contributed by atoms with E-state index >= 15 is 0 Å². The molecule has 0 heterocycles. The normalized spacial score (nSPS) is 11.7. The number of methoxy groups -OCH3 is 1. The molecule has 0 unspecified atom stereocenters. The SMILES string of the molecule is COC(=O)C(=O)N(Cc1ccc(C(C)(C)C)cc1)c1c(C)cc(-c2ccc(OC(F)(F)F)cc2)cc1C. The van der Waals surface area contributed by atoms with Crippen molar-refractivity contribution < 1.29 is 32.2 Å². The minimum atomic E-state index is -4.76. The highest BCUT2D eigenvalue weighted by atomic mass is 19.4. The number of rotatable bonds is 5. The molecule has 0 aromatic heterocycles. The summed E-state index contributed by atoms with van der Waals surface area (Å²) in [5.41, 5.74) is 5.38. The Labute approximate surface area is 214 Å². The number of hydrogen-bond donors (Lipinski definition) is 0. The third kappa shape index (κ3) is 6.90. The zero-order chi connectivity index (χ0) is 27.5. The lowest BCUT2D eigenvalue weighted by Crippen LogP contribution is -2.37. The van der Waals surface area contributed by atoms with E-state index < -0.39 is 18.2 Å². The Hall–Kier alpha value is -3.81. The van der Waals surface area contributed by atoms with Crippen molar-refractivity contribution in [2.45, 2.75) is 52.9 Å². The molecule has 0 N–H and O–H groups in total. The minimum absolute atomic E-state index is 0.0276. The van der Waals surface area contributed by atoms with Crippen molar-refractivity contribution >= 4 is 17.6 Å². The molecule has 0 saturated carbocycles. The highest BCUT2D eigenvalue weighted by Crippen LogP contribution is 2.34. The number of benzene rings is 3. The van der Waals surface area contributed by atoms with Crippen molar-refractivity contribution in [3.63, 3.8) is 0 Å².